The molecule has 82 valence electrons. The van der Waals surface area contributed by atoms with Gasteiger partial charge in [-0.2, -0.15) is 0 Å². The zero-order valence-corrected chi connectivity index (χ0v) is 8.75. The second-order valence-electron chi connectivity index (χ2n) is 4.08. The average molecular weight is 200 g/mol. The molecule has 14 heavy (non-hydrogen) atoms. The van der Waals surface area contributed by atoms with Crippen LogP contribution in [0.4, 0.5) is 0 Å². The predicted molar refractivity (Wildman–Crippen MR) is 54.9 cm³/mol. The molecule has 1 rings (SSSR count). The Bertz CT molecular complexity index is 179. The molecule has 0 radical (unpaired) electrons. The number of hydrogen-bond acceptors (Lipinski definition) is 3. The molecule has 1 aliphatic rings. The predicted octanol–water partition coefficient (Wildman–Crippen LogP) is -0.269. The van der Waals surface area contributed by atoms with Gasteiger partial charge in [0.2, 0.25) is 5.91 Å². The number of carbonyl (C=O) groups is 1. The lowest BCUT2D eigenvalue weighted by atomic mass is 9.98. The second kappa shape index (κ2) is 5.98. The van der Waals surface area contributed by atoms with Crippen LogP contribution in [0.25, 0.3) is 0 Å². The second-order valence-corrected chi connectivity index (χ2v) is 4.08. The molecular weight excluding hydrogens is 180 g/mol. The number of piperidine rings is 1. The zero-order chi connectivity index (χ0) is 10.4. The van der Waals surface area contributed by atoms with Gasteiger partial charge in [0.05, 0.1) is 5.92 Å². The molecule has 0 aliphatic carbocycles. The van der Waals surface area contributed by atoms with Crippen molar-refractivity contribution in [3.05, 3.63) is 0 Å². The van der Waals surface area contributed by atoms with Crippen LogP contribution in [-0.4, -0.2) is 37.3 Å². The SMILES string of the molecule is CC(CO)CNC(=O)[C@@H]1CCCNC1. The van der Waals surface area contributed by atoms with Crippen LogP contribution in [0.15, 0.2) is 0 Å². The minimum Gasteiger partial charge on any atom is -0.396 e. The Morgan fingerprint density at radius 1 is 1.71 bits per heavy atom. The molecule has 0 aromatic rings. The summed E-state index contributed by atoms with van der Waals surface area (Å²) < 4.78 is 0. The normalized spacial score (nSPS) is 24.3. The fourth-order valence-electron chi connectivity index (χ4n) is 1.56. The third kappa shape index (κ3) is 3.64. The molecule has 2 atom stereocenters. The van der Waals surface area contributed by atoms with Crippen molar-refractivity contribution in [3.63, 3.8) is 0 Å². The van der Waals surface area contributed by atoms with Gasteiger partial charge in [0.15, 0.2) is 0 Å². The number of nitrogens with one attached hydrogen (secondary N) is 2. The molecular formula is C10H20N2O2. The molecule has 4 heteroatoms. The standard InChI is InChI=1S/C10H20N2O2/c1-8(7-13)5-12-10(14)9-3-2-4-11-6-9/h8-9,11,13H,2-7H2,1H3,(H,12,14)/t8?,9-/m1/s1. The Kier molecular flexibility index (Phi) is 4.90. The van der Waals surface area contributed by atoms with Crippen molar-refractivity contribution >= 4 is 5.91 Å². The monoisotopic (exact) mass is 200 g/mol. The number of amides is 1. The molecule has 1 aliphatic heterocycles. The summed E-state index contributed by atoms with van der Waals surface area (Å²) in [5.41, 5.74) is 0. The molecule has 0 bridgehead atoms. The van der Waals surface area contributed by atoms with Crippen LogP contribution in [0.1, 0.15) is 19.8 Å². The highest BCUT2D eigenvalue weighted by molar-refractivity contribution is 5.78. The van der Waals surface area contributed by atoms with Gasteiger partial charge in [-0.15, -0.1) is 0 Å². The van der Waals surface area contributed by atoms with Crippen molar-refractivity contribution in [2.24, 2.45) is 11.8 Å². The van der Waals surface area contributed by atoms with Crippen LogP contribution in [0.2, 0.25) is 0 Å². The lowest BCUT2D eigenvalue weighted by Crippen LogP contribution is -2.42. The van der Waals surface area contributed by atoms with Crippen molar-refractivity contribution < 1.29 is 9.90 Å². The Balaban J connectivity index is 2.19. The largest absolute Gasteiger partial charge is 0.396 e. The van der Waals surface area contributed by atoms with Crippen LogP contribution < -0.4 is 10.6 Å². The first-order valence-corrected chi connectivity index (χ1v) is 5.33. The Morgan fingerprint density at radius 2 is 2.50 bits per heavy atom. The fourth-order valence-corrected chi connectivity index (χ4v) is 1.56. The first kappa shape index (κ1) is 11.5. The highest BCUT2D eigenvalue weighted by atomic mass is 16.3. The number of hydrogen-bond donors (Lipinski definition) is 3. The average Bonchev–Trinajstić information content (AvgIpc) is 2.26. The van der Waals surface area contributed by atoms with Gasteiger partial charge >= 0.3 is 0 Å². The van der Waals surface area contributed by atoms with Crippen LogP contribution >= 0.6 is 0 Å². The van der Waals surface area contributed by atoms with Gasteiger partial charge < -0.3 is 15.7 Å². The van der Waals surface area contributed by atoms with E-state index in [0.717, 1.165) is 25.9 Å². The smallest absolute Gasteiger partial charge is 0.224 e. The molecule has 1 unspecified atom stereocenters. The molecule has 3 N–H and O–H groups in total. The van der Waals surface area contributed by atoms with Crippen LogP contribution in [0.3, 0.4) is 0 Å². The Morgan fingerprint density at radius 3 is 3.07 bits per heavy atom. The van der Waals surface area contributed by atoms with Gasteiger partial charge in [0.1, 0.15) is 0 Å². The third-order valence-electron chi connectivity index (χ3n) is 2.60. The van der Waals surface area contributed by atoms with E-state index < -0.39 is 0 Å². The number of rotatable bonds is 4. The summed E-state index contributed by atoms with van der Waals surface area (Å²) in [4.78, 5) is 11.6. The summed E-state index contributed by atoms with van der Waals surface area (Å²) in [6.07, 6.45) is 2.06. The highest BCUT2D eigenvalue weighted by Gasteiger charge is 2.20. The van der Waals surface area contributed by atoms with E-state index >= 15 is 0 Å². The first-order valence-electron chi connectivity index (χ1n) is 5.33. The molecule has 0 aromatic heterocycles. The van der Waals surface area contributed by atoms with E-state index in [-0.39, 0.29) is 24.3 Å². The van der Waals surface area contributed by atoms with E-state index in [9.17, 15) is 4.79 Å². The van der Waals surface area contributed by atoms with Crippen LogP contribution in [0, 0.1) is 11.8 Å². The highest BCUT2D eigenvalue weighted by Crippen LogP contribution is 2.09. The van der Waals surface area contributed by atoms with E-state index in [1.807, 2.05) is 6.92 Å². The van der Waals surface area contributed by atoms with E-state index in [0.29, 0.717) is 6.54 Å². The summed E-state index contributed by atoms with van der Waals surface area (Å²) in [5, 5.41) is 14.9. The minimum atomic E-state index is 0.120. The van der Waals surface area contributed by atoms with Gasteiger partial charge in [-0.25, -0.2) is 0 Å². The van der Waals surface area contributed by atoms with Crippen molar-refractivity contribution in [1.29, 1.82) is 0 Å². The van der Waals surface area contributed by atoms with Gasteiger partial charge in [0.25, 0.3) is 0 Å². The molecule has 4 nitrogen and oxygen atoms in total. The molecule has 0 saturated carbocycles. The van der Waals surface area contributed by atoms with Gasteiger partial charge in [-0.3, -0.25) is 4.79 Å². The van der Waals surface area contributed by atoms with Crippen molar-refractivity contribution in [1.82, 2.24) is 10.6 Å². The lowest BCUT2D eigenvalue weighted by Gasteiger charge is -2.22. The number of aliphatic hydroxyl groups is 1. The summed E-state index contributed by atoms with van der Waals surface area (Å²) >= 11 is 0. The maximum Gasteiger partial charge on any atom is 0.224 e. The third-order valence-corrected chi connectivity index (χ3v) is 2.60. The Hall–Kier alpha value is -0.610. The molecule has 1 amide bonds. The molecule has 0 aromatic carbocycles. The molecule has 1 saturated heterocycles. The van der Waals surface area contributed by atoms with Gasteiger partial charge in [-0.05, 0) is 25.3 Å². The maximum atomic E-state index is 11.6. The van der Waals surface area contributed by atoms with Gasteiger partial charge in [-0.1, -0.05) is 6.92 Å². The topological polar surface area (TPSA) is 61.4 Å². The summed E-state index contributed by atoms with van der Waals surface area (Å²) in [6.45, 7) is 4.44. The van der Waals surface area contributed by atoms with E-state index in [2.05, 4.69) is 10.6 Å². The fraction of sp³-hybridized carbons (Fsp3) is 0.900. The number of aliphatic hydroxyl groups excluding tert-OH is 1. The molecule has 0 spiro atoms. The Labute approximate surface area is 85.1 Å². The molecule has 1 fully saturated rings. The van der Waals surface area contributed by atoms with Crippen molar-refractivity contribution in [2.45, 2.75) is 19.8 Å². The summed E-state index contributed by atoms with van der Waals surface area (Å²) in [7, 11) is 0. The van der Waals surface area contributed by atoms with Crippen LogP contribution in [0.5, 0.6) is 0 Å². The van der Waals surface area contributed by atoms with E-state index in [4.69, 9.17) is 5.11 Å². The quantitative estimate of drug-likeness (QED) is 0.585. The molecule has 1 heterocycles. The van der Waals surface area contributed by atoms with Crippen LogP contribution in [-0.2, 0) is 4.79 Å². The van der Waals surface area contributed by atoms with E-state index in [1.54, 1.807) is 0 Å². The van der Waals surface area contributed by atoms with Crippen molar-refractivity contribution in [3.8, 4) is 0 Å². The van der Waals surface area contributed by atoms with Crippen molar-refractivity contribution in [2.75, 3.05) is 26.2 Å². The minimum absolute atomic E-state index is 0.120. The summed E-state index contributed by atoms with van der Waals surface area (Å²) in [6, 6.07) is 0. The number of carbonyl (C=O) groups excluding carboxylic acids is 1. The zero-order valence-electron chi connectivity index (χ0n) is 8.75. The summed E-state index contributed by atoms with van der Waals surface area (Å²) in [5.74, 6) is 0.391. The maximum absolute atomic E-state index is 11.6. The van der Waals surface area contributed by atoms with Gasteiger partial charge in [0, 0.05) is 19.7 Å². The van der Waals surface area contributed by atoms with E-state index in [1.165, 1.54) is 0 Å². The first-order chi connectivity index (χ1) is 6.74. The lowest BCUT2D eigenvalue weighted by molar-refractivity contribution is -0.125.